The molecule has 0 aromatic heterocycles. The van der Waals surface area contributed by atoms with Gasteiger partial charge in [-0.15, -0.1) is 6.58 Å². The molecule has 41 heavy (non-hydrogen) atoms. The van der Waals surface area contributed by atoms with E-state index in [1.807, 2.05) is 81.4 Å². The summed E-state index contributed by atoms with van der Waals surface area (Å²) in [7, 11) is -4.04. The van der Waals surface area contributed by atoms with Gasteiger partial charge in [-0.25, -0.2) is 8.42 Å². The zero-order valence-corrected chi connectivity index (χ0v) is 24.9. The zero-order valence-electron chi connectivity index (χ0n) is 24.1. The van der Waals surface area contributed by atoms with Crippen LogP contribution < -0.4 is 0 Å². The SMILES string of the molecule is C=CCN([C@@H](CC(C)C)C(C#Cc1ccccc1)(OC(=O)C1CCC1)c1ccccc1)S(=O)(=O)c1ccc(C)cc1. The number of rotatable bonds is 11. The molecule has 214 valence electrons. The van der Waals surface area contributed by atoms with E-state index in [4.69, 9.17) is 4.74 Å². The Hall–Kier alpha value is -3.66. The van der Waals surface area contributed by atoms with Crippen molar-refractivity contribution in [1.29, 1.82) is 0 Å². The summed E-state index contributed by atoms with van der Waals surface area (Å²) in [6.07, 6.45) is 4.45. The van der Waals surface area contributed by atoms with E-state index in [2.05, 4.69) is 18.4 Å². The van der Waals surface area contributed by atoms with Gasteiger partial charge in [0.25, 0.3) is 0 Å². The molecule has 6 heteroatoms. The highest BCUT2D eigenvalue weighted by molar-refractivity contribution is 7.89. The molecular weight excluding hydrogens is 530 g/mol. The Balaban J connectivity index is 2.00. The molecule has 0 aliphatic heterocycles. The Bertz CT molecular complexity index is 1480. The highest BCUT2D eigenvalue weighted by atomic mass is 32.2. The molecule has 0 heterocycles. The van der Waals surface area contributed by atoms with Crippen LogP contribution in [0.15, 0.2) is 102 Å². The highest BCUT2D eigenvalue weighted by Crippen LogP contribution is 2.41. The molecule has 0 N–H and O–H groups in total. The Labute approximate surface area is 245 Å². The molecule has 2 atom stereocenters. The van der Waals surface area contributed by atoms with Gasteiger partial charge in [0.1, 0.15) is 0 Å². The number of hydrogen-bond donors (Lipinski definition) is 0. The molecule has 3 aromatic carbocycles. The Morgan fingerprint density at radius 2 is 1.63 bits per heavy atom. The summed E-state index contributed by atoms with van der Waals surface area (Å²) in [5, 5.41) is 0. The van der Waals surface area contributed by atoms with E-state index in [1.165, 1.54) is 4.31 Å². The van der Waals surface area contributed by atoms with Gasteiger partial charge in [0.05, 0.1) is 16.9 Å². The third-order valence-electron chi connectivity index (χ3n) is 7.52. The largest absolute Gasteiger partial charge is 0.439 e. The van der Waals surface area contributed by atoms with Crippen molar-refractivity contribution in [2.45, 2.75) is 63.0 Å². The summed E-state index contributed by atoms with van der Waals surface area (Å²) in [6.45, 7) is 9.90. The van der Waals surface area contributed by atoms with E-state index in [1.54, 1.807) is 30.3 Å². The lowest BCUT2D eigenvalue weighted by Gasteiger charge is -2.43. The molecule has 1 saturated carbocycles. The van der Waals surface area contributed by atoms with Crippen molar-refractivity contribution in [3.05, 3.63) is 114 Å². The van der Waals surface area contributed by atoms with Gasteiger partial charge in [-0.05, 0) is 62.3 Å². The number of nitrogens with zero attached hydrogens (tertiary/aromatic N) is 1. The van der Waals surface area contributed by atoms with Crippen LogP contribution in [0.3, 0.4) is 0 Å². The zero-order chi connectivity index (χ0) is 29.5. The van der Waals surface area contributed by atoms with Gasteiger partial charge < -0.3 is 4.74 Å². The predicted octanol–water partition coefficient (Wildman–Crippen LogP) is 6.88. The molecule has 0 radical (unpaired) electrons. The third kappa shape index (κ3) is 6.98. The predicted molar refractivity (Wildman–Crippen MR) is 163 cm³/mol. The van der Waals surface area contributed by atoms with Crippen molar-refractivity contribution in [3.8, 4) is 11.8 Å². The molecule has 0 bridgehead atoms. The summed E-state index contributed by atoms with van der Waals surface area (Å²) in [4.78, 5) is 13.8. The van der Waals surface area contributed by atoms with Crippen LogP contribution in [0.2, 0.25) is 0 Å². The van der Waals surface area contributed by atoms with Gasteiger partial charge >= 0.3 is 5.97 Å². The summed E-state index contributed by atoms with van der Waals surface area (Å²) < 4.78 is 36.7. The maximum Gasteiger partial charge on any atom is 0.310 e. The molecule has 4 rings (SSSR count). The Kier molecular flexibility index (Phi) is 9.86. The molecule has 1 aliphatic rings. The van der Waals surface area contributed by atoms with Crippen LogP contribution in [0.1, 0.15) is 56.2 Å². The maximum atomic E-state index is 14.4. The summed E-state index contributed by atoms with van der Waals surface area (Å²) in [5.74, 6) is 6.07. The van der Waals surface area contributed by atoms with Gasteiger partial charge in [-0.2, -0.15) is 4.31 Å². The number of benzene rings is 3. The number of sulfonamides is 1. The molecule has 1 unspecified atom stereocenters. The fraction of sp³-hybridized carbons (Fsp3) is 0.343. The molecule has 1 aliphatic carbocycles. The second-order valence-electron chi connectivity index (χ2n) is 11.1. The van der Waals surface area contributed by atoms with E-state index in [0.29, 0.717) is 12.0 Å². The quantitative estimate of drug-likeness (QED) is 0.144. The second kappa shape index (κ2) is 13.3. The standard InChI is InChI=1S/C35H39NO4S/c1-5-25-36(41(38,39)32-21-19-28(4)20-22-32)33(26-27(2)3)35(31-17-10-7-11-18-31,40-34(37)30-15-12-16-30)24-23-29-13-8-6-9-14-29/h5-11,13-14,17-22,27,30,33H,1,12,15-16,25-26H2,2-4H3/t33-,35?/m0/s1. The molecule has 5 nitrogen and oxygen atoms in total. The third-order valence-corrected chi connectivity index (χ3v) is 9.41. The van der Waals surface area contributed by atoms with Gasteiger partial charge in [0, 0.05) is 17.7 Å². The van der Waals surface area contributed by atoms with E-state index < -0.39 is 21.7 Å². The van der Waals surface area contributed by atoms with E-state index in [9.17, 15) is 13.2 Å². The van der Waals surface area contributed by atoms with Crippen molar-refractivity contribution in [2.24, 2.45) is 11.8 Å². The van der Waals surface area contributed by atoms with Gasteiger partial charge in [0.2, 0.25) is 15.6 Å². The summed E-state index contributed by atoms with van der Waals surface area (Å²) >= 11 is 0. The van der Waals surface area contributed by atoms with Gasteiger partial charge in [-0.3, -0.25) is 4.79 Å². The average molecular weight is 570 g/mol. The van der Waals surface area contributed by atoms with Crippen LogP contribution in [0.4, 0.5) is 0 Å². The molecular formula is C35H39NO4S. The van der Waals surface area contributed by atoms with Crippen molar-refractivity contribution in [3.63, 3.8) is 0 Å². The lowest BCUT2D eigenvalue weighted by molar-refractivity contribution is -0.168. The lowest BCUT2D eigenvalue weighted by Crippen LogP contribution is -2.55. The van der Waals surface area contributed by atoms with E-state index >= 15 is 0 Å². The minimum Gasteiger partial charge on any atom is -0.439 e. The minimum absolute atomic E-state index is 0.0240. The normalized spacial score (nSPS) is 15.7. The maximum absolute atomic E-state index is 14.4. The topological polar surface area (TPSA) is 63.7 Å². The first kappa shape index (κ1) is 30.3. The van der Waals surface area contributed by atoms with Crippen LogP contribution >= 0.6 is 0 Å². The number of carbonyl (C=O) groups is 1. The number of hydrogen-bond acceptors (Lipinski definition) is 4. The minimum atomic E-state index is -4.04. The van der Waals surface area contributed by atoms with Crippen molar-refractivity contribution in [2.75, 3.05) is 6.54 Å². The van der Waals surface area contributed by atoms with Crippen LogP contribution in [0, 0.1) is 30.6 Å². The van der Waals surface area contributed by atoms with Gasteiger partial charge in [0.15, 0.2) is 0 Å². The van der Waals surface area contributed by atoms with Crippen LogP contribution in [-0.2, 0) is 25.2 Å². The first-order valence-electron chi connectivity index (χ1n) is 14.2. The first-order valence-corrected chi connectivity index (χ1v) is 15.7. The fourth-order valence-electron chi connectivity index (χ4n) is 5.06. The highest BCUT2D eigenvalue weighted by Gasteiger charge is 2.50. The molecule has 0 amide bonds. The number of carbonyl (C=O) groups excluding carboxylic acids is 1. The summed E-state index contributed by atoms with van der Waals surface area (Å²) in [6, 6.07) is 24.8. The van der Waals surface area contributed by atoms with Crippen LogP contribution in [-0.4, -0.2) is 31.3 Å². The number of aryl methyl sites for hydroxylation is 1. The van der Waals surface area contributed by atoms with E-state index in [0.717, 1.165) is 30.4 Å². The monoisotopic (exact) mass is 569 g/mol. The smallest absolute Gasteiger partial charge is 0.310 e. The van der Waals surface area contributed by atoms with Crippen molar-refractivity contribution in [1.82, 2.24) is 4.31 Å². The van der Waals surface area contributed by atoms with Crippen molar-refractivity contribution >= 4 is 16.0 Å². The number of esters is 1. The Morgan fingerprint density at radius 3 is 2.17 bits per heavy atom. The molecule has 1 fully saturated rings. The molecule has 3 aromatic rings. The Morgan fingerprint density at radius 1 is 1.02 bits per heavy atom. The van der Waals surface area contributed by atoms with E-state index in [-0.39, 0.29) is 29.2 Å². The first-order chi connectivity index (χ1) is 19.7. The van der Waals surface area contributed by atoms with Crippen molar-refractivity contribution < 1.29 is 17.9 Å². The summed E-state index contributed by atoms with van der Waals surface area (Å²) in [5.41, 5.74) is 0.761. The molecule has 0 saturated heterocycles. The fourth-order valence-corrected chi connectivity index (χ4v) is 6.68. The van der Waals surface area contributed by atoms with Crippen LogP contribution in [0.5, 0.6) is 0 Å². The molecule has 0 spiro atoms. The number of ether oxygens (including phenoxy) is 1. The second-order valence-corrected chi connectivity index (χ2v) is 13.0. The van der Waals surface area contributed by atoms with Crippen LogP contribution in [0.25, 0.3) is 0 Å². The van der Waals surface area contributed by atoms with Gasteiger partial charge in [-0.1, -0.05) is 98.5 Å². The lowest BCUT2D eigenvalue weighted by atomic mass is 9.80. The average Bonchev–Trinajstić information content (AvgIpc) is 2.93.